The molecule has 1 fully saturated rings. The molecule has 1 aliphatic heterocycles. The molecule has 19 heavy (non-hydrogen) atoms. The molecule has 0 aromatic heterocycles. The van der Waals surface area contributed by atoms with Crippen LogP contribution in [0.4, 0.5) is 0 Å². The van der Waals surface area contributed by atoms with E-state index in [1.54, 1.807) is 12.1 Å². The van der Waals surface area contributed by atoms with Gasteiger partial charge in [-0.15, -0.1) is 0 Å². The fourth-order valence-corrected chi connectivity index (χ4v) is 3.16. The molecule has 2 N–H and O–H groups in total. The number of benzene rings is 1. The van der Waals surface area contributed by atoms with Crippen molar-refractivity contribution in [3.63, 3.8) is 0 Å². The molecule has 1 aliphatic rings. The van der Waals surface area contributed by atoms with E-state index >= 15 is 0 Å². The highest BCUT2D eigenvalue weighted by atomic mass is 32.2. The first-order valence-electron chi connectivity index (χ1n) is 5.88. The van der Waals surface area contributed by atoms with E-state index in [0.717, 1.165) is 5.56 Å². The fourth-order valence-electron chi connectivity index (χ4n) is 1.97. The van der Waals surface area contributed by atoms with Crippen LogP contribution in [0.15, 0.2) is 24.3 Å². The highest BCUT2D eigenvalue weighted by Crippen LogP contribution is 2.25. The van der Waals surface area contributed by atoms with E-state index in [-0.39, 0.29) is 18.3 Å². The maximum Gasteiger partial charge on any atom is 0.341 e. The van der Waals surface area contributed by atoms with E-state index < -0.39 is 16.0 Å². The van der Waals surface area contributed by atoms with Crippen LogP contribution in [0.5, 0.6) is 5.75 Å². The number of rotatable bonds is 4. The molecule has 0 radical (unpaired) electrons. The van der Waals surface area contributed by atoms with Gasteiger partial charge in [-0.2, -0.15) is 0 Å². The third-order valence-corrected chi connectivity index (χ3v) is 4.38. The Morgan fingerprint density at radius 3 is 2.58 bits per heavy atom. The van der Waals surface area contributed by atoms with Crippen molar-refractivity contribution in [3.8, 4) is 5.75 Å². The molecule has 0 saturated carbocycles. The molecule has 2 rings (SSSR count). The molecule has 0 amide bonds. The summed E-state index contributed by atoms with van der Waals surface area (Å²) in [5.74, 6) is -0.250. The van der Waals surface area contributed by atoms with Gasteiger partial charge in [0.1, 0.15) is 5.75 Å². The lowest BCUT2D eigenvalue weighted by Gasteiger charge is -2.23. The Kier molecular flexibility index (Phi) is 4.06. The number of sulfonamides is 1. The number of hydrogen-bond donors (Lipinski definition) is 2. The number of ether oxygens (including phenoxy) is 1. The van der Waals surface area contributed by atoms with Gasteiger partial charge in [0.05, 0.1) is 5.75 Å². The smallest absolute Gasteiger partial charge is 0.341 e. The van der Waals surface area contributed by atoms with E-state index in [2.05, 4.69) is 4.72 Å². The van der Waals surface area contributed by atoms with Gasteiger partial charge in [-0.05, 0) is 30.0 Å². The molecule has 0 spiro atoms. The molecule has 1 saturated heterocycles. The second-order valence-electron chi connectivity index (χ2n) is 4.40. The molecule has 1 aromatic carbocycles. The SMILES string of the molecule is O=C(O)COc1ccc(C2CCS(=O)(=O)NC2)cc1. The van der Waals surface area contributed by atoms with Gasteiger partial charge in [-0.1, -0.05) is 12.1 Å². The minimum atomic E-state index is -3.09. The molecule has 104 valence electrons. The fraction of sp³-hybridized carbons (Fsp3) is 0.417. The monoisotopic (exact) mass is 285 g/mol. The summed E-state index contributed by atoms with van der Waals surface area (Å²) in [6.45, 7) is 0.0280. The van der Waals surface area contributed by atoms with Crippen molar-refractivity contribution in [1.29, 1.82) is 0 Å². The van der Waals surface area contributed by atoms with Crippen LogP contribution in [-0.2, 0) is 14.8 Å². The van der Waals surface area contributed by atoms with Crippen molar-refractivity contribution in [2.45, 2.75) is 12.3 Å². The highest BCUT2D eigenvalue weighted by Gasteiger charge is 2.23. The quantitative estimate of drug-likeness (QED) is 0.843. The first kappa shape index (κ1) is 13.8. The van der Waals surface area contributed by atoms with E-state index in [1.807, 2.05) is 12.1 Å². The van der Waals surface area contributed by atoms with Gasteiger partial charge >= 0.3 is 5.97 Å². The topological polar surface area (TPSA) is 92.7 Å². The number of carboxylic acid groups (broad SMARTS) is 1. The summed E-state index contributed by atoms with van der Waals surface area (Å²) in [5, 5.41) is 8.49. The second-order valence-corrected chi connectivity index (χ2v) is 6.33. The van der Waals surface area contributed by atoms with Crippen molar-refractivity contribution >= 4 is 16.0 Å². The predicted molar refractivity (Wildman–Crippen MR) is 68.7 cm³/mol. The van der Waals surface area contributed by atoms with Crippen molar-refractivity contribution in [2.24, 2.45) is 0 Å². The van der Waals surface area contributed by atoms with Crippen molar-refractivity contribution < 1.29 is 23.1 Å². The Morgan fingerprint density at radius 2 is 2.05 bits per heavy atom. The summed E-state index contributed by atoms with van der Waals surface area (Å²) in [7, 11) is -3.09. The molecule has 7 heteroatoms. The van der Waals surface area contributed by atoms with Crippen LogP contribution >= 0.6 is 0 Å². The van der Waals surface area contributed by atoms with Crippen LogP contribution < -0.4 is 9.46 Å². The third kappa shape index (κ3) is 3.93. The molecule has 0 aliphatic carbocycles. The van der Waals surface area contributed by atoms with Crippen LogP contribution in [0.2, 0.25) is 0 Å². The zero-order chi connectivity index (χ0) is 13.9. The van der Waals surface area contributed by atoms with Crippen LogP contribution in [0.1, 0.15) is 17.9 Å². The second kappa shape index (κ2) is 5.58. The standard InChI is InChI=1S/C12H15NO5S/c14-12(15)8-18-11-3-1-9(2-4-11)10-5-6-19(16,17)13-7-10/h1-4,10,13H,5-8H2,(H,14,15). The number of carbonyl (C=O) groups is 1. The lowest BCUT2D eigenvalue weighted by atomic mass is 9.96. The largest absolute Gasteiger partial charge is 0.482 e. The Labute approximate surface area is 111 Å². The van der Waals surface area contributed by atoms with Gasteiger partial charge in [0.15, 0.2) is 6.61 Å². The maximum absolute atomic E-state index is 11.2. The molecule has 1 unspecified atom stereocenters. The van der Waals surface area contributed by atoms with Crippen molar-refractivity contribution in [3.05, 3.63) is 29.8 Å². The van der Waals surface area contributed by atoms with E-state index in [1.165, 1.54) is 0 Å². The Balaban J connectivity index is 1.97. The summed E-state index contributed by atoms with van der Waals surface area (Å²) >= 11 is 0. The van der Waals surface area contributed by atoms with Crippen LogP contribution in [0.25, 0.3) is 0 Å². The third-order valence-electron chi connectivity index (χ3n) is 3.00. The Morgan fingerprint density at radius 1 is 1.37 bits per heavy atom. The van der Waals surface area contributed by atoms with Crippen molar-refractivity contribution in [1.82, 2.24) is 4.72 Å². The average molecular weight is 285 g/mol. The minimum absolute atomic E-state index is 0.134. The number of nitrogens with one attached hydrogen (secondary N) is 1. The number of hydrogen-bond acceptors (Lipinski definition) is 4. The number of aliphatic carboxylic acids is 1. The van der Waals surface area contributed by atoms with Crippen LogP contribution in [0, 0.1) is 0 Å². The molecular weight excluding hydrogens is 270 g/mol. The van der Waals surface area contributed by atoms with Crippen molar-refractivity contribution in [2.75, 3.05) is 18.9 Å². The summed E-state index contributed by atoms with van der Waals surface area (Å²) < 4.78 is 30.0. The summed E-state index contributed by atoms with van der Waals surface area (Å²) in [6, 6.07) is 7.06. The Hall–Kier alpha value is -1.60. The van der Waals surface area contributed by atoms with Crippen LogP contribution in [-0.4, -0.2) is 38.4 Å². The zero-order valence-corrected chi connectivity index (χ0v) is 11.0. The lowest BCUT2D eigenvalue weighted by molar-refractivity contribution is -0.139. The molecule has 0 bridgehead atoms. The van der Waals surface area contributed by atoms with Gasteiger partial charge < -0.3 is 9.84 Å². The van der Waals surface area contributed by atoms with Gasteiger partial charge in [0.2, 0.25) is 10.0 Å². The molecule has 1 atom stereocenters. The Bertz CT molecular complexity index is 538. The van der Waals surface area contributed by atoms with Gasteiger partial charge in [0, 0.05) is 6.54 Å². The summed E-state index contributed by atoms with van der Waals surface area (Å²) in [4.78, 5) is 10.4. The zero-order valence-electron chi connectivity index (χ0n) is 10.2. The molecule has 1 aromatic rings. The van der Waals surface area contributed by atoms with Crippen LogP contribution in [0.3, 0.4) is 0 Å². The first-order chi connectivity index (χ1) is 8.96. The molecule has 6 nitrogen and oxygen atoms in total. The number of carboxylic acids is 1. The summed E-state index contributed by atoms with van der Waals surface area (Å²) in [5.41, 5.74) is 1.02. The van der Waals surface area contributed by atoms with E-state index in [9.17, 15) is 13.2 Å². The molecular formula is C12H15NO5S. The maximum atomic E-state index is 11.2. The lowest BCUT2D eigenvalue weighted by Crippen LogP contribution is -2.36. The highest BCUT2D eigenvalue weighted by molar-refractivity contribution is 7.89. The van der Waals surface area contributed by atoms with Gasteiger partial charge in [0.25, 0.3) is 0 Å². The first-order valence-corrected chi connectivity index (χ1v) is 7.53. The average Bonchev–Trinajstić information content (AvgIpc) is 2.37. The van der Waals surface area contributed by atoms with E-state index in [4.69, 9.17) is 9.84 Å². The summed E-state index contributed by atoms with van der Waals surface area (Å²) in [6.07, 6.45) is 0.588. The minimum Gasteiger partial charge on any atom is -0.482 e. The predicted octanol–water partition coefficient (Wildman–Crippen LogP) is 0.557. The van der Waals surface area contributed by atoms with Gasteiger partial charge in [-0.25, -0.2) is 17.9 Å². The normalized spacial score (nSPS) is 21.8. The van der Waals surface area contributed by atoms with E-state index in [0.29, 0.717) is 18.7 Å². The van der Waals surface area contributed by atoms with Gasteiger partial charge in [-0.3, -0.25) is 0 Å². The molecule has 1 heterocycles.